The van der Waals surface area contributed by atoms with E-state index in [1.165, 1.54) is 30.6 Å². The van der Waals surface area contributed by atoms with Gasteiger partial charge in [-0.05, 0) is 48.5 Å². The quantitative estimate of drug-likeness (QED) is 0.448. The number of nitrogens with zero attached hydrogens (tertiary/aromatic N) is 1. The summed E-state index contributed by atoms with van der Waals surface area (Å²) in [6, 6.07) is 8.43. The summed E-state index contributed by atoms with van der Waals surface area (Å²) >= 11 is 0. The van der Waals surface area contributed by atoms with Gasteiger partial charge in [-0.25, -0.2) is 4.99 Å². The predicted octanol–water partition coefficient (Wildman–Crippen LogP) is 5.50. The maximum absolute atomic E-state index is 12.4. The van der Waals surface area contributed by atoms with E-state index >= 15 is 0 Å². The Balaban J connectivity index is 1.99. The second kappa shape index (κ2) is 6.31. The van der Waals surface area contributed by atoms with Crippen LogP contribution in [0.15, 0.2) is 53.5 Å². The van der Waals surface area contributed by atoms with Gasteiger partial charge in [-0.15, -0.1) is 0 Å². The minimum absolute atomic E-state index is 0.275. The number of nitrogens with one attached hydrogen (secondary N) is 1. The molecule has 2 nitrogen and oxygen atoms in total. The van der Waals surface area contributed by atoms with Crippen molar-refractivity contribution in [3.8, 4) is 0 Å². The molecule has 2 aromatic rings. The number of halogens is 6. The van der Waals surface area contributed by atoms with Gasteiger partial charge in [0.05, 0.1) is 23.2 Å². The zero-order chi connectivity index (χ0) is 17.1. The number of benzene rings is 2. The van der Waals surface area contributed by atoms with E-state index in [9.17, 15) is 26.3 Å². The minimum Gasteiger partial charge on any atom is -0.346 e. The molecule has 23 heavy (non-hydrogen) atoms. The Labute approximate surface area is 127 Å². The fraction of sp³-hybridized carbons (Fsp3) is 0.133. The van der Waals surface area contributed by atoms with Crippen molar-refractivity contribution in [1.82, 2.24) is 0 Å². The number of hydrogen-bond donors (Lipinski definition) is 1. The third-order valence-corrected chi connectivity index (χ3v) is 2.85. The monoisotopic (exact) mass is 332 g/mol. The molecule has 0 unspecified atom stereocenters. The molecule has 2 aromatic carbocycles. The second-order valence-electron chi connectivity index (χ2n) is 4.52. The van der Waals surface area contributed by atoms with Gasteiger partial charge in [0.25, 0.3) is 0 Å². The van der Waals surface area contributed by atoms with E-state index < -0.39 is 23.5 Å². The van der Waals surface area contributed by atoms with Crippen molar-refractivity contribution in [3.63, 3.8) is 0 Å². The Morgan fingerprint density at radius 3 is 1.57 bits per heavy atom. The van der Waals surface area contributed by atoms with Crippen LogP contribution in [-0.2, 0) is 12.4 Å². The maximum Gasteiger partial charge on any atom is 0.416 e. The predicted molar refractivity (Wildman–Crippen MR) is 74.7 cm³/mol. The Hall–Kier alpha value is -2.51. The van der Waals surface area contributed by atoms with Crippen molar-refractivity contribution in [2.24, 2.45) is 4.99 Å². The number of aliphatic imine (C=N–C) groups is 1. The van der Waals surface area contributed by atoms with Crippen molar-refractivity contribution in [1.29, 1.82) is 0 Å². The molecule has 0 saturated heterocycles. The number of hydrogen-bond acceptors (Lipinski definition) is 1. The fourth-order valence-electron chi connectivity index (χ4n) is 1.67. The highest BCUT2D eigenvalue weighted by Gasteiger charge is 2.30. The van der Waals surface area contributed by atoms with Gasteiger partial charge in [-0.2, -0.15) is 26.3 Å². The molecule has 0 fully saturated rings. The zero-order valence-corrected chi connectivity index (χ0v) is 11.4. The van der Waals surface area contributed by atoms with Crippen LogP contribution in [0.2, 0.25) is 0 Å². The molecule has 122 valence electrons. The van der Waals surface area contributed by atoms with Gasteiger partial charge in [-0.1, -0.05) is 0 Å². The Kier molecular flexibility index (Phi) is 4.63. The third kappa shape index (κ3) is 4.73. The molecule has 0 aromatic heterocycles. The van der Waals surface area contributed by atoms with Gasteiger partial charge in [0.2, 0.25) is 0 Å². The molecule has 0 aliphatic rings. The Morgan fingerprint density at radius 2 is 1.13 bits per heavy atom. The van der Waals surface area contributed by atoms with E-state index in [1.807, 2.05) is 0 Å². The van der Waals surface area contributed by atoms with Crippen LogP contribution in [0.3, 0.4) is 0 Å². The summed E-state index contributed by atoms with van der Waals surface area (Å²) in [7, 11) is 0. The molecule has 1 N–H and O–H groups in total. The van der Waals surface area contributed by atoms with Crippen molar-refractivity contribution < 1.29 is 26.3 Å². The van der Waals surface area contributed by atoms with Crippen LogP contribution in [0.5, 0.6) is 0 Å². The first-order valence-electron chi connectivity index (χ1n) is 6.30. The van der Waals surface area contributed by atoms with Crippen molar-refractivity contribution in [2.75, 3.05) is 5.32 Å². The number of anilines is 1. The van der Waals surface area contributed by atoms with Crippen LogP contribution < -0.4 is 5.32 Å². The van der Waals surface area contributed by atoms with E-state index in [2.05, 4.69) is 10.3 Å². The summed E-state index contributed by atoms with van der Waals surface area (Å²) in [5, 5.41) is 2.64. The SMILES string of the molecule is FC(F)(F)c1ccc(N=CNc2ccc(C(F)(F)F)cc2)cc1. The molecule has 0 atom stereocenters. The highest BCUT2D eigenvalue weighted by Crippen LogP contribution is 2.31. The number of alkyl halides is 6. The van der Waals surface area contributed by atoms with Crippen molar-refractivity contribution in [2.45, 2.75) is 12.4 Å². The lowest BCUT2D eigenvalue weighted by Crippen LogP contribution is -2.04. The largest absolute Gasteiger partial charge is 0.416 e. The van der Waals surface area contributed by atoms with E-state index in [0.29, 0.717) is 5.69 Å². The Morgan fingerprint density at radius 1 is 0.696 bits per heavy atom. The molecule has 0 bridgehead atoms. The number of rotatable bonds is 3. The van der Waals surface area contributed by atoms with Crippen LogP contribution in [0.1, 0.15) is 11.1 Å². The van der Waals surface area contributed by atoms with Gasteiger partial charge in [0.15, 0.2) is 0 Å². The lowest BCUT2D eigenvalue weighted by molar-refractivity contribution is -0.138. The van der Waals surface area contributed by atoms with Crippen LogP contribution in [0, 0.1) is 0 Å². The molecule has 0 spiro atoms. The van der Waals surface area contributed by atoms with Crippen molar-refractivity contribution in [3.05, 3.63) is 59.7 Å². The molecule has 2 rings (SSSR count). The molecular weight excluding hydrogens is 322 g/mol. The maximum atomic E-state index is 12.4. The van der Waals surface area contributed by atoms with Crippen LogP contribution >= 0.6 is 0 Å². The van der Waals surface area contributed by atoms with Gasteiger partial charge >= 0.3 is 12.4 Å². The smallest absolute Gasteiger partial charge is 0.346 e. The van der Waals surface area contributed by atoms with E-state index in [0.717, 1.165) is 24.3 Å². The summed E-state index contributed by atoms with van der Waals surface area (Å²) < 4.78 is 74.3. The van der Waals surface area contributed by atoms with E-state index in [1.54, 1.807) is 0 Å². The van der Waals surface area contributed by atoms with Gasteiger partial charge in [-0.3, -0.25) is 0 Å². The fourth-order valence-corrected chi connectivity index (χ4v) is 1.67. The standard InChI is InChI=1S/C15H10F6N2/c16-14(17,18)10-1-5-12(6-2-10)22-9-23-13-7-3-11(4-8-13)15(19,20)21/h1-9H,(H,22,23). The first-order chi connectivity index (χ1) is 10.7. The lowest BCUT2D eigenvalue weighted by Gasteiger charge is -2.07. The van der Waals surface area contributed by atoms with Crippen molar-refractivity contribution >= 4 is 17.7 Å². The zero-order valence-electron chi connectivity index (χ0n) is 11.4. The summed E-state index contributed by atoms with van der Waals surface area (Å²) in [5.41, 5.74) is -0.916. The van der Waals surface area contributed by atoms with Gasteiger partial charge in [0.1, 0.15) is 0 Å². The summed E-state index contributed by atoms with van der Waals surface area (Å²) in [6.07, 6.45) is -7.64. The first-order valence-corrected chi connectivity index (χ1v) is 6.30. The molecule has 0 radical (unpaired) electrons. The Bertz CT molecular complexity index is 669. The molecule has 0 aliphatic heterocycles. The molecular formula is C15H10F6N2. The van der Waals surface area contributed by atoms with Crippen LogP contribution in [0.4, 0.5) is 37.7 Å². The van der Waals surface area contributed by atoms with Gasteiger partial charge in [0, 0.05) is 5.69 Å². The van der Waals surface area contributed by atoms with Crippen LogP contribution in [0.25, 0.3) is 0 Å². The summed E-state index contributed by atoms with van der Waals surface area (Å²) in [5.74, 6) is 0. The minimum atomic E-state index is -4.42. The average Bonchev–Trinajstić information content (AvgIpc) is 2.46. The molecule has 0 amide bonds. The topological polar surface area (TPSA) is 24.4 Å². The van der Waals surface area contributed by atoms with Crippen LogP contribution in [-0.4, -0.2) is 6.34 Å². The molecule has 8 heteroatoms. The second-order valence-corrected chi connectivity index (χ2v) is 4.52. The molecule has 0 saturated carbocycles. The van der Waals surface area contributed by atoms with E-state index in [4.69, 9.17) is 0 Å². The summed E-state index contributed by atoms with van der Waals surface area (Å²) in [6.45, 7) is 0. The summed E-state index contributed by atoms with van der Waals surface area (Å²) in [4.78, 5) is 3.87. The van der Waals surface area contributed by atoms with E-state index in [-0.39, 0.29) is 5.69 Å². The van der Waals surface area contributed by atoms with Gasteiger partial charge < -0.3 is 5.32 Å². The normalized spacial score (nSPS) is 12.6. The average molecular weight is 332 g/mol. The highest BCUT2D eigenvalue weighted by molar-refractivity contribution is 5.77. The third-order valence-electron chi connectivity index (χ3n) is 2.85. The first kappa shape index (κ1) is 16.9. The molecule has 0 heterocycles. The molecule has 0 aliphatic carbocycles. The lowest BCUT2D eigenvalue weighted by atomic mass is 10.2. The highest BCUT2D eigenvalue weighted by atomic mass is 19.4.